The Bertz CT molecular complexity index is 264. The van der Waals surface area contributed by atoms with Crippen LogP contribution in [0.25, 0.3) is 0 Å². The second-order valence-electron chi connectivity index (χ2n) is 3.81. The molecule has 2 unspecified atom stereocenters. The van der Waals surface area contributed by atoms with Gasteiger partial charge in [-0.3, -0.25) is 4.98 Å². The van der Waals surface area contributed by atoms with Crippen molar-refractivity contribution in [1.82, 2.24) is 10.3 Å². The summed E-state index contributed by atoms with van der Waals surface area (Å²) in [5.41, 5.74) is 1.29. The summed E-state index contributed by atoms with van der Waals surface area (Å²) in [5, 5.41) is 3.34. The molecule has 0 aliphatic heterocycles. The molecule has 0 saturated heterocycles. The molecule has 1 heterocycles. The van der Waals surface area contributed by atoms with Gasteiger partial charge in [-0.05, 0) is 37.1 Å². The number of ether oxygens (including phenoxy) is 1. The summed E-state index contributed by atoms with van der Waals surface area (Å²) in [6.07, 6.45) is 4.73. The molecule has 0 radical (unpaired) electrons. The summed E-state index contributed by atoms with van der Waals surface area (Å²) >= 11 is 0. The molecule has 0 fully saturated rings. The first kappa shape index (κ1) is 12.1. The van der Waals surface area contributed by atoms with Gasteiger partial charge in [-0.15, -0.1) is 0 Å². The smallest absolute Gasteiger partial charge is 0.0465 e. The largest absolute Gasteiger partial charge is 0.385 e. The summed E-state index contributed by atoms with van der Waals surface area (Å²) in [6.45, 7) is 3.05. The van der Waals surface area contributed by atoms with Gasteiger partial charge in [-0.25, -0.2) is 0 Å². The number of pyridine rings is 1. The van der Waals surface area contributed by atoms with E-state index in [4.69, 9.17) is 4.74 Å². The molecule has 0 aromatic carbocycles. The lowest BCUT2D eigenvalue weighted by molar-refractivity contribution is 0.171. The van der Waals surface area contributed by atoms with Crippen molar-refractivity contribution in [3.63, 3.8) is 0 Å². The molecule has 0 saturated carbocycles. The lowest BCUT2D eigenvalue weighted by atomic mass is 9.93. The molecule has 0 aliphatic rings. The van der Waals surface area contributed by atoms with Crippen LogP contribution in [0.5, 0.6) is 0 Å². The van der Waals surface area contributed by atoms with Gasteiger partial charge in [0.1, 0.15) is 0 Å². The molecule has 1 rings (SSSR count). The van der Waals surface area contributed by atoms with E-state index < -0.39 is 0 Å². The van der Waals surface area contributed by atoms with Crippen LogP contribution in [0, 0.1) is 5.92 Å². The van der Waals surface area contributed by atoms with Crippen molar-refractivity contribution in [1.29, 1.82) is 0 Å². The highest BCUT2D eigenvalue weighted by Gasteiger charge is 2.16. The van der Waals surface area contributed by atoms with Gasteiger partial charge in [-0.2, -0.15) is 0 Å². The normalized spacial score (nSPS) is 14.9. The average molecular weight is 208 g/mol. The van der Waals surface area contributed by atoms with E-state index in [1.807, 2.05) is 19.4 Å². The van der Waals surface area contributed by atoms with Gasteiger partial charge in [-0.1, -0.05) is 6.92 Å². The Morgan fingerprint density at radius 1 is 1.40 bits per heavy atom. The first-order valence-corrected chi connectivity index (χ1v) is 5.35. The minimum absolute atomic E-state index is 0.378. The third-order valence-corrected chi connectivity index (χ3v) is 2.72. The summed E-state index contributed by atoms with van der Waals surface area (Å²) in [5.74, 6) is 0.553. The molecule has 2 atom stereocenters. The monoisotopic (exact) mass is 208 g/mol. The van der Waals surface area contributed by atoms with Crippen molar-refractivity contribution in [2.24, 2.45) is 5.92 Å². The highest BCUT2D eigenvalue weighted by molar-refractivity contribution is 5.15. The summed E-state index contributed by atoms with van der Waals surface area (Å²) in [7, 11) is 3.74. The number of nitrogens with one attached hydrogen (secondary N) is 1. The third kappa shape index (κ3) is 3.61. The maximum atomic E-state index is 5.10. The van der Waals surface area contributed by atoms with Crippen LogP contribution in [-0.4, -0.2) is 25.7 Å². The van der Waals surface area contributed by atoms with E-state index in [0.717, 1.165) is 13.0 Å². The van der Waals surface area contributed by atoms with Crippen LogP contribution in [0.1, 0.15) is 24.9 Å². The minimum Gasteiger partial charge on any atom is -0.385 e. The average Bonchev–Trinajstić information content (AvgIpc) is 2.29. The summed E-state index contributed by atoms with van der Waals surface area (Å²) < 4.78 is 5.10. The van der Waals surface area contributed by atoms with Gasteiger partial charge >= 0.3 is 0 Å². The van der Waals surface area contributed by atoms with Gasteiger partial charge in [0.05, 0.1) is 0 Å². The molecule has 84 valence electrons. The van der Waals surface area contributed by atoms with E-state index in [1.165, 1.54) is 5.56 Å². The van der Waals surface area contributed by atoms with Crippen molar-refractivity contribution in [3.05, 3.63) is 30.1 Å². The summed E-state index contributed by atoms with van der Waals surface area (Å²) in [6, 6.07) is 4.50. The first-order chi connectivity index (χ1) is 7.29. The van der Waals surface area contributed by atoms with Gasteiger partial charge in [0.25, 0.3) is 0 Å². The number of hydrogen-bond donors (Lipinski definition) is 1. The Morgan fingerprint density at radius 2 is 2.07 bits per heavy atom. The lowest BCUT2D eigenvalue weighted by Crippen LogP contribution is -2.24. The maximum absolute atomic E-state index is 5.10. The molecule has 3 heteroatoms. The zero-order valence-corrected chi connectivity index (χ0v) is 9.73. The predicted molar refractivity (Wildman–Crippen MR) is 61.7 cm³/mol. The number of hydrogen-bond acceptors (Lipinski definition) is 3. The standard InChI is InChI=1S/C12H20N2O/c1-10(6-9-15-3)12(13-2)11-4-7-14-8-5-11/h4-5,7-8,10,12-13H,6,9H2,1-3H3. The minimum atomic E-state index is 0.378. The van der Waals surface area contributed by atoms with E-state index in [1.54, 1.807) is 7.11 Å². The fourth-order valence-electron chi connectivity index (χ4n) is 1.82. The number of rotatable bonds is 6. The zero-order chi connectivity index (χ0) is 11.1. The number of methoxy groups -OCH3 is 1. The Morgan fingerprint density at radius 3 is 2.60 bits per heavy atom. The van der Waals surface area contributed by atoms with Gasteiger partial charge in [0.15, 0.2) is 0 Å². The van der Waals surface area contributed by atoms with Crippen molar-refractivity contribution in [2.45, 2.75) is 19.4 Å². The molecule has 3 nitrogen and oxygen atoms in total. The van der Waals surface area contributed by atoms with Crippen molar-refractivity contribution in [3.8, 4) is 0 Å². The SMILES string of the molecule is CNC(c1ccncc1)C(C)CCOC. The predicted octanol–water partition coefficient (Wildman–Crippen LogP) is 2.01. The lowest BCUT2D eigenvalue weighted by Gasteiger charge is -2.23. The molecule has 0 bridgehead atoms. The van der Waals surface area contributed by atoms with Crippen LogP contribution in [-0.2, 0) is 4.74 Å². The Hall–Kier alpha value is -0.930. The topological polar surface area (TPSA) is 34.2 Å². The van der Waals surface area contributed by atoms with E-state index in [-0.39, 0.29) is 0 Å². The fourth-order valence-corrected chi connectivity index (χ4v) is 1.82. The molecule has 15 heavy (non-hydrogen) atoms. The molecule has 0 spiro atoms. The number of nitrogens with zero attached hydrogens (tertiary/aromatic N) is 1. The van der Waals surface area contributed by atoms with Crippen molar-refractivity contribution >= 4 is 0 Å². The Balaban J connectivity index is 2.63. The van der Waals surface area contributed by atoms with E-state index in [2.05, 4.69) is 29.4 Å². The zero-order valence-electron chi connectivity index (χ0n) is 9.73. The summed E-state index contributed by atoms with van der Waals surface area (Å²) in [4.78, 5) is 4.03. The van der Waals surface area contributed by atoms with Crippen molar-refractivity contribution < 1.29 is 4.74 Å². The molecule has 0 aliphatic carbocycles. The molecule has 1 aromatic rings. The molecular weight excluding hydrogens is 188 g/mol. The van der Waals surface area contributed by atoms with E-state index in [9.17, 15) is 0 Å². The molecule has 1 N–H and O–H groups in total. The van der Waals surface area contributed by atoms with Crippen LogP contribution in [0.2, 0.25) is 0 Å². The first-order valence-electron chi connectivity index (χ1n) is 5.35. The van der Waals surface area contributed by atoms with E-state index in [0.29, 0.717) is 12.0 Å². The van der Waals surface area contributed by atoms with Gasteiger partial charge in [0, 0.05) is 32.2 Å². The number of aromatic nitrogens is 1. The van der Waals surface area contributed by atoms with E-state index >= 15 is 0 Å². The Labute approximate surface area is 91.9 Å². The second kappa shape index (κ2) is 6.53. The van der Waals surface area contributed by atoms with Crippen LogP contribution in [0.3, 0.4) is 0 Å². The Kier molecular flexibility index (Phi) is 5.29. The quantitative estimate of drug-likeness (QED) is 0.776. The molecule has 0 amide bonds. The fraction of sp³-hybridized carbons (Fsp3) is 0.583. The van der Waals surface area contributed by atoms with Crippen LogP contribution in [0.15, 0.2) is 24.5 Å². The highest BCUT2D eigenvalue weighted by Crippen LogP contribution is 2.23. The van der Waals surface area contributed by atoms with Gasteiger partial charge in [0.2, 0.25) is 0 Å². The van der Waals surface area contributed by atoms with Gasteiger partial charge < -0.3 is 10.1 Å². The molecule has 1 aromatic heterocycles. The van der Waals surface area contributed by atoms with Crippen molar-refractivity contribution in [2.75, 3.05) is 20.8 Å². The highest BCUT2D eigenvalue weighted by atomic mass is 16.5. The van der Waals surface area contributed by atoms with Crippen LogP contribution < -0.4 is 5.32 Å². The molecular formula is C12H20N2O. The van der Waals surface area contributed by atoms with Crippen LogP contribution in [0.4, 0.5) is 0 Å². The maximum Gasteiger partial charge on any atom is 0.0465 e. The second-order valence-corrected chi connectivity index (χ2v) is 3.81. The third-order valence-electron chi connectivity index (χ3n) is 2.72. The van der Waals surface area contributed by atoms with Crippen LogP contribution >= 0.6 is 0 Å².